The van der Waals surface area contributed by atoms with Gasteiger partial charge in [0.15, 0.2) is 0 Å². The summed E-state index contributed by atoms with van der Waals surface area (Å²) in [6.07, 6.45) is 5.01. The fourth-order valence-corrected chi connectivity index (χ4v) is 2.63. The molecule has 0 spiro atoms. The average Bonchev–Trinajstić information content (AvgIpc) is 3.12. The van der Waals surface area contributed by atoms with Gasteiger partial charge in [0.1, 0.15) is 0 Å². The molecular formula is C15H23N. The van der Waals surface area contributed by atoms with Gasteiger partial charge in [-0.15, -0.1) is 0 Å². The van der Waals surface area contributed by atoms with Gasteiger partial charge in [0.2, 0.25) is 0 Å². The molecule has 2 rings (SSSR count). The standard InChI is InChI=1S/C15H23N/c1-3-12(4-2)13-5-7-14(8-6-13)15(11-16)9-10-15/h5-8,12H,3-4,9-11,16H2,1-2H3. The number of hydrogen-bond donors (Lipinski definition) is 1. The van der Waals surface area contributed by atoms with E-state index in [-0.39, 0.29) is 0 Å². The summed E-state index contributed by atoms with van der Waals surface area (Å²) in [5.74, 6) is 0.724. The molecule has 1 aliphatic rings. The van der Waals surface area contributed by atoms with Crippen LogP contribution in [0.5, 0.6) is 0 Å². The van der Waals surface area contributed by atoms with Crippen molar-refractivity contribution in [2.24, 2.45) is 5.73 Å². The van der Waals surface area contributed by atoms with Gasteiger partial charge in [-0.3, -0.25) is 0 Å². The summed E-state index contributed by atoms with van der Waals surface area (Å²) < 4.78 is 0. The van der Waals surface area contributed by atoms with E-state index in [4.69, 9.17) is 5.73 Å². The minimum atomic E-state index is 0.340. The SMILES string of the molecule is CCC(CC)c1ccc(C2(CN)CC2)cc1. The summed E-state index contributed by atoms with van der Waals surface area (Å²) in [4.78, 5) is 0. The van der Waals surface area contributed by atoms with Gasteiger partial charge in [-0.25, -0.2) is 0 Å². The highest BCUT2D eigenvalue weighted by molar-refractivity contribution is 5.35. The van der Waals surface area contributed by atoms with Gasteiger partial charge >= 0.3 is 0 Å². The van der Waals surface area contributed by atoms with E-state index in [0.29, 0.717) is 5.41 Å². The maximum absolute atomic E-state index is 5.85. The molecule has 1 saturated carbocycles. The van der Waals surface area contributed by atoms with Gasteiger partial charge in [-0.05, 0) is 42.7 Å². The number of nitrogens with two attached hydrogens (primary N) is 1. The fourth-order valence-electron chi connectivity index (χ4n) is 2.63. The van der Waals surface area contributed by atoms with Crippen molar-refractivity contribution in [2.75, 3.05) is 6.54 Å². The molecule has 1 heteroatoms. The predicted molar refractivity (Wildman–Crippen MR) is 69.7 cm³/mol. The molecule has 0 heterocycles. The number of benzene rings is 1. The molecule has 0 amide bonds. The Kier molecular flexibility index (Phi) is 3.34. The summed E-state index contributed by atoms with van der Waals surface area (Å²) in [6.45, 7) is 5.34. The number of rotatable bonds is 5. The molecule has 1 aliphatic carbocycles. The normalized spacial score (nSPS) is 17.8. The minimum absolute atomic E-state index is 0.340. The van der Waals surface area contributed by atoms with E-state index in [1.54, 1.807) is 0 Å². The Bertz CT molecular complexity index is 331. The molecule has 0 aromatic heterocycles. The zero-order valence-electron chi connectivity index (χ0n) is 10.5. The molecule has 0 saturated heterocycles. The predicted octanol–water partition coefficient (Wildman–Crippen LogP) is 3.58. The fraction of sp³-hybridized carbons (Fsp3) is 0.600. The first kappa shape index (κ1) is 11.7. The van der Waals surface area contributed by atoms with Crippen LogP contribution in [-0.2, 0) is 5.41 Å². The van der Waals surface area contributed by atoms with Gasteiger partial charge in [0, 0.05) is 12.0 Å². The van der Waals surface area contributed by atoms with Crippen LogP contribution in [0.2, 0.25) is 0 Å². The van der Waals surface area contributed by atoms with Crippen LogP contribution in [0.1, 0.15) is 56.6 Å². The molecule has 0 atom stereocenters. The van der Waals surface area contributed by atoms with Crippen LogP contribution in [0.25, 0.3) is 0 Å². The lowest BCUT2D eigenvalue weighted by Gasteiger charge is -2.16. The molecule has 0 radical (unpaired) electrons. The molecule has 1 aromatic carbocycles. The van der Waals surface area contributed by atoms with Gasteiger partial charge in [-0.2, -0.15) is 0 Å². The third-order valence-electron chi connectivity index (χ3n) is 4.22. The second kappa shape index (κ2) is 4.58. The van der Waals surface area contributed by atoms with Crippen molar-refractivity contribution in [2.45, 2.75) is 50.9 Å². The summed E-state index contributed by atoms with van der Waals surface area (Å²) >= 11 is 0. The van der Waals surface area contributed by atoms with Crippen LogP contribution in [0, 0.1) is 0 Å². The summed E-state index contributed by atoms with van der Waals surface area (Å²) in [7, 11) is 0. The second-order valence-corrected chi connectivity index (χ2v) is 5.12. The molecule has 2 N–H and O–H groups in total. The van der Waals surface area contributed by atoms with E-state index in [1.165, 1.54) is 36.8 Å². The molecule has 0 bridgehead atoms. The molecule has 1 fully saturated rings. The van der Waals surface area contributed by atoms with E-state index < -0.39 is 0 Å². The molecule has 0 unspecified atom stereocenters. The van der Waals surface area contributed by atoms with Crippen molar-refractivity contribution in [3.05, 3.63) is 35.4 Å². The summed E-state index contributed by atoms with van der Waals surface area (Å²) in [5.41, 5.74) is 9.13. The van der Waals surface area contributed by atoms with Crippen molar-refractivity contribution in [3.8, 4) is 0 Å². The Morgan fingerprint density at radius 1 is 1.12 bits per heavy atom. The summed E-state index contributed by atoms with van der Waals surface area (Å²) in [5, 5.41) is 0. The minimum Gasteiger partial charge on any atom is -0.330 e. The van der Waals surface area contributed by atoms with E-state index >= 15 is 0 Å². The number of hydrogen-bond acceptors (Lipinski definition) is 1. The van der Waals surface area contributed by atoms with E-state index in [2.05, 4.69) is 38.1 Å². The van der Waals surface area contributed by atoms with Crippen molar-refractivity contribution < 1.29 is 0 Å². The van der Waals surface area contributed by atoms with Gasteiger partial charge < -0.3 is 5.73 Å². The van der Waals surface area contributed by atoms with Gasteiger partial charge in [0.05, 0.1) is 0 Å². The average molecular weight is 217 g/mol. The highest BCUT2D eigenvalue weighted by atomic mass is 14.7. The highest BCUT2D eigenvalue weighted by Crippen LogP contribution is 2.47. The van der Waals surface area contributed by atoms with E-state index in [1.807, 2.05) is 0 Å². The van der Waals surface area contributed by atoms with Gasteiger partial charge in [-0.1, -0.05) is 38.1 Å². The first-order valence-corrected chi connectivity index (χ1v) is 6.56. The van der Waals surface area contributed by atoms with Crippen LogP contribution in [-0.4, -0.2) is 6.54 Å². The highest BCUT2D eigenvalue weighted by Gasteiger charge is 2.42. The molecule has 0 aliphatic heterocycles. The smallest absolute Gasteiger partial charge is 0.00762 e. The topological polar surface area (TPSA) is 26.0 Å². The zero-order valence-corrected chi connectivity index (χ0v) is 10.5. The van der Waals surface area contributed by atoms with Crippen LogP contribution >= 0.6 is 0 Å². The first-order chi connectivity index (χ1) is 7.75. The molecule has 88 valence electrons. The van der Waals surface area contributed by atoms with E-state index in [9.17, 15) is 0 Å². The lowest BCUT2D eigenvalue weighted by Crippen LogP contribution is -2.19. The second-order valence-electron chi connectivity index (χ2n) is 5.12. The summed E-state index contributed by atoms with van der Waals surface area (Å²) in [6, 6.07) is 9.21. The third kappa shape index (κ3) is 2.01. The van der Waals surface area contributed by atoms with Crippen LogP contribution in [0.4, 0.5) is 0 Å². The molecule has 1 aromatic rings. The Hall–Kier alpha value is -0.820. The van der Waals surface area contributed by atoms with Crippen LogP contribution in [0.3, 0.4) is 0 Å². The van der Waals surface area contributed by atoms with Crippen molar-refractivity contribution >= 4 is 0 Å². The Labute approximate surface area is 99.0 Å². The largest absolute Gasteiger partial charge is 0.330 e. The monoisotopic (exact) mass is 217 g/mol. The third-order valence-corrected chi connectivity index (χ3v) is 4.22. The Morgan fingerprint density at radius 2 is 1.69 bits per heavy atom. The Balaban J connectivity index is 2.16. The maximum Gasteiger partial charge on any atom is 0.00762 e. The Morgan fingerprint density at radius 3 is 2.06 bits per heavy atom. The van der Waals surface area contributed by atoms with E-state index in [0.717, 1.165) is 12.5 Å². The van der Waals surface area contributed by atoms with Crippen molar-refractivity contribution in [1.29, 1.82) is 0 Å². The van der Waals surface area contributed by atoms with Crippen molar-refractivity contribution in [3.63, 3.8) is 0 Å². The van der Waals surface area contributed by atoms with Crippen molar-refractivity contribution in [1.82, 2.24) is 0 Å². The lowest BCUT2D eigenvalue weighted by atomic mass is 9.90. The lowest BCUT2D eigenvalue weighted by molar-refractivity contribution is 0.639. The zero-order chi connectivity index (χ0) is 11.6. The van der Waals surface area contributed by atoms with Crippen LogP contribution in [0.15, 0.2) is 24.3 Å². The maximum atomic E-state index is 5.85. The van der Waals surface area contributed by atoms with Gasteiger partial charge in [0.25, 0.3) is 0 Å². The molecule has 1 nitrogen and oxygen atoms in total. The quantitative estimate of drug-likeness (QED) is 0.801. The molecule has 16 heavy (non-hydrogen) atoms. The van der Waals surface area contributed by atoms with Crippen LogP contribution < -0.4 is 5.73 Å². The molecular weight excluding hydrogens is 194 g/mol. The first-order valence-electron chi connectivity index (χ1n) is 6.56.